The van der Waals surface area contributed by atoms with Crippen LogP contribution in [0.15, 0.2) is 0 Å². The Morgan fingerprint density at radius 2 is 1.68 bits per heavy atom. The summed E-state index contributed by atoms with van der Waals surface area (Å²) in [5.41, 5.74) is 0. The average molecular weight is 286 g/mol. The Morgan fingerprint density at radius 1 is 1.05 bits per heavy atom. The summed E-state index contributed by atoms with van der Waals surface area (Å²) in [7, 11) is 0. The summed E-state index contributed by atoms with van der Waals surface area (Å²) in [6, 6.07) is 0.476. The molecule has 1 aromatic heterocycles. The summed E-state index contributed by atoms with van der Waals surface area (Å²) < 4.78 is 11.2. The highest BCUT2D eigenvalue weighted by Gasteiger charge is 2.21. The number of hydrogen-bond donors (Lipinski definition) is 0. The molecule has 0 bridgehead atoms. The first-order valence-corrected chi connectivity index (χ1v) is 7.15. The van der Waals surface area contributed by atoms with Crippen LogP contribution in [0.2, 0.25) is 5.28 Å². The molecule has 1 aliphatic carbocycles. The zero-order chi connectivity index (χ0) is 13.8. The number of halogens is 1. The highest BCUT2D eigenvalue weighted by atomic mass is 35.5. The Labute approximate surface area is 118 Å². The molecule has 0 atom stereocenters. The van der Waals surface area contributed by atoms with E-state index in [0.717, 1.165) is 18.8 Å². The highest BCUT2D eigenvalue weighted by molar-refractivity contribution is 6.28. The smallest absolute Gasteiger partial charge is 0.324 e. The maximum absolute atomic E-state index is 5.85. The van der Waals surface area contributed by atoms with Gasteiger partial charge < -0.3 is 9.47 Å². The van der Waals surface area contributed by atoms with Crippen molar-refractivity contribution in [1.82, 2.24) is 15.0 Å². The molecule has 1 fully saturated rings. The Hall–Kier alpha value is -1.10. The van der Waals surface area contributed by atoms with Gasteiger partial charge in [-0.25, -0.2) is 0 Å². The van der Waals surface area contributed by atoms with Crippen molar-refractivity contribution in [3.8, 4) is 12.0 Å². The number of ether oxygens (including phenoxy) is 2. The lowest BCUT2D eigenvalue weighted by molar-refractivity contribution is 0.120. The second kappa shape index (κ2) is 6.37. The first-order valence-electron chi connectivity index (χ1n) is 6.78. The summed E-state index contributed by atoms with van der Waals surface area (Å²) >= 11 is 5.85. The molecule has 106 valence electrons. The van der Waals surface area contributed by atoms with Crippen molar-refractivity contribution in [3.05, 3.63) is 5.28 Å². The van der Waals surface area contributed by atoms with Crippen molar-refractivity contribution < 1.29 is 9.47 Å². The predicted molar refractivity (Wildman–Crippen MR) is 72.6 cm³/mol. The fraction of sp³-hybridized carbons (Fsp3) is 0.769. The van der Waals surface area contributed by atoms with Crippen LogP contribution in [-0.2, 0) is 0 Å². The lowest BCUT2D eigenvalue weighted by Crippen LogP contribution is -2.24. The van der Waals surface area contributed by atoms with Crippen LogP contribution in [0.4, 0.5) is 0 Å². The van der Waals surface area contributed by atoms with Crippen molar-refractivity contribution in [1.29, 1.82) is 0 Å². The summed E-state index contributed by atoms with van der Waals surface area (Å²) in [5, 5.41) is 0.102. The van der Waals surface area contributed by atoms with Gasteiger partial charge in [0.2, 0.25) is 5.28 Å². The molecule has 0 aromatic carbocycles. The van der Waals surface area contributed by atoms with Crippen LogP contribution in [0.5, 0.6) is 12.0 Å². The molecule has 1 heterocycles. The molecular weight excluding hydrogens is 266 g/mol. The Morgan fingerprint density at radius 3 is 2.32 bits per heavy atom. The molecule has 19 heavy (non-hydrogen) atoms. The van der Waals surface area contributed by atoms with Gasteiger partial charge in [0.05, 0.1) is 6.10 Å². The van der Waals surface area contributed by atoms with Gasteiger partial charge >= 0.3 is 12.0 Å². The normalized spacial score (nSPS) is 23.4. The van der Waals surface area contributed by atoms with Gasteiger partial charge in [-0.1, -0.05) is 6.92 Å². The molecular formula is C13H20ClN3O2. The predicted octanol–water partition coefficient (Wildman–Crippen LogP) is 3.27. The van der Waals surface area contributed by atoms with E-state index < -0.39 is 0 Å². The quantitative estimate of drug-likeness (QED) is 0.850. The fourth-order valence-electron chi connectivity index (χ4n) is 2.13. The van der Waals surface area contributed by atoms with E-state index >= 15 is 0 Å². The molecule has 0 spiro atoms. The third-order valence-electron chi connectivity index (χ3n) is 3.14. The Bertz CT molecular complexity index is 420. The SMILES string of the molecule is CC1CCC(Oc2nc(Cl)nc(OC(C)C)n2)CC1. The maximum Gasteiger partial charge on any atom is 0.324 e. The lowest BCUT2D eigenvalue weighted by Gasteiger charge is -2.25. The molecule has 0 aliphatic heterocycles. The topological polar surface area (TPSA) is 57.1 Å². The number of aromatic nitrogens is 3. The largest absolute Gasteiger partial charge is 0.461 e. The van der Waals surface area contributed by atoms with Gasteiger partial charge in [-0.15, -0.1) is 4.98 Å². The second-order valence-electron chi connectivity index (χ2n) is 5.34. The first kappa shape index (κ1) is 14.3. The molecule has 5 nitrogen and oxygen atoms in total. The zero-order valence-corrected chi connectivity index (χ0v) is 12.4. The summed E-state index contributed by atoms with van der Waals surface area (Å²) in [6.07, 6.45) is 4.58. The lowest BCUT2D eigenvalue weighted by atomic mass is 9.89. The summed E-state index contributed by atoms with van der Waals surface area (Å²) in [6.45, 7) is 6.08. The van der Waals surface area contributed by atoms with Crippen LogP contribution >= 0.6 is 11.6 Å². The van der Waals surface area contributed by atoms with Crippen molar-refractivity contribution in [3.63, 3.8) is 0 Å². The first-order chi connectivity index (χ1) is 9.02. The van der Waals surface area contributed by atoms with Gasteiger partial charge in [0.15, 0.2) is 0 Å². The average Bonchev–Trinajstić information content (AvgIpc) is 2.30. The Balaban J connectivity index is 2.01. The van der Waals surface area contributed by atoms with Crippen LogP contribution in [-0.4, -0.2) is 27.2 Å². The van der Waals surface area contributed by atoms with Gasteiger partial charge in [0.25, 0.3) is 0 Å². The van der Waals surface area contributed by atoms with Gasteiger partial charge in [-0.2, -0.15) is 9.97 Å². The van der Waals surface area contributed by atoms with Crippen LogP contribution in [0.3, 0.4) is 0 Å². The zero-order valence-electron chi connectivity index (χ0n) is 11.6. The minimum Gasteiger partial charge on any atom is -0.461 e. The van der Waals surface area contributed by atoms with Crippen LogP contribution in [0.25, 0.3) is 0 Å². The van der Waals surface area contributed by atoms with E-state index in [1.54, 1.807) is 0 Å². The minimum atomic E-state index is -0.0122. The van der Waals surface area contributed by atoms with E-state index in [-0.39, 0.29) is 29.5 Å². The third kappa shape index (κ3) is 4.49. The fourth-order valence-corrected chi connectivity index (χ4v) is 2.27. The van der Waals surface area contributed by atoms with Crippen LogP contribution in [0.1, 0.15) is 46.5 Å². The van der Waals surface area contributed by atoms with E-state index in [0.29, 0.717) is 0 Å². The molecule has 6 heteroatoms. The molecule has 1 saturated carbocycles. The number of rotatable bonds is 4. The van der Waals surface area contributed by atoms with Crippen LogP contribution < -0.4 is 9.47 Å². The van der Waals surface area contributed by atoms with E-state index in [1.165, 1.54) is 12.8 Å². The Kier molecular flexibility index (Phi) is 4.80. The van der Waals surface area contributed by atoms with Crippen molar-refractivity contribution in [2.24, 2.45) is 5.92 Å². The summed E-state index contributed by atoms with van der Waals surface area (Å²) in [5.74, 6) is 0.779. The second-order valence-corrected chi connectivity index (χ2v) is 5.67. The van der Waals surface area contributed by atoms with Gasteiger partial charge in [-0.05, 0) is 57.0 Å². The molecule has 0 amide bonds. The molecule has 0 radical (unpaired) electrons. The van der Waals surface area contributed by atoms with E-state index in [4.69, 9.17) is 21.1 Å². The van der Waals surface area contributed by atoms with Crippen molar-refractivity contribution in [2.45, 2.75) is 58.7 Å². The van der Waals surface area contributed by atoms with Gasteiger partial charge in [-0.3, -0.25) is 0 Å². The standard InChI is InChI=1S/C13H20ClN3O2/c1-8(2)18-12-15-11(14)16-13(17-12)19-10-6-4-9(3)5-7-10/h8-10H,4-7H2,1-3H3. The monoisotopic (exact) mass is 285 g/mol. The van der Waals surface area contributed by atoms with Crippen molar-refractivity contribution in [2.75, 3.05) is 0 Å². The molecule has 0 saturated heterocycles. The van der Waals surface area contributed by atoms with Crippen LogP contribution in [0, 0.1) is 5.92 Å². The van der Waals surface area contributed by atoms with E-state index in [1.807, 2.05) is 13.8 Å². The van der Waals surface area contributed by atoms with E-state index in [9.17, 15) is 0 Å². The molecule has 1 aromatic rings. The number of nitrogens with zero attached hydrogens (tertiary/aromatic N) is 3. The molecule has 1 aliphatic rings. The molecule has 0 N–H and O–H groups in total. The summed E-state index contributed by atoms with van der Waals surface area (Å²) in [4.78, 5) is 12.1. The van der Waals surface area contributed by atoms with E-state index in [2.05, 4.69) is 21.9 Å². The highest BCUT2D eigenvalue weighted by Crippen LogP contribution is 2.26. The van der Waals surface area contributed by atoms with Gasteiger partial charge in [0, 0.05) is 0 Å². The maximum atomic E-state index is 5.85. The minimum absolute atomic E-state index is 0.0122. The van der Waals surface area contributed by atoms with Crippen molar-refractivity contribution >= 4 is 11.6 Å². The van der Waals surface area contributed by atoms with Gasteiger partial charge in [0.1, 0.15) is 6.10 Å². The number of hydrogen-bond acceptors (Lipinski definition) is 5. The third-order valence-corrected chi connectivity index (χ3v) is 3.31. The molecule has 2 rings (SSSR count). The molecule has 0 unspecified atom stereocenters.